The molecule has 4 rings (SSSR count). The molecule has 0 aromatic heterocycles. The zero-order chi connectivity index (χ0) is 20.8. The lowest BCUT2D eigenvalue weighted by molar-refractivity contribution is -0.0167. The summed E-state index contributed by atoms with van der Waals surface area (Å²) in [5, 5.41) is 4.54. The van der Waals surface area contributed by atoms with Gasteiger partial charge in [-0.1, -0.05) is 23.7 Å². The highest BCUT2D eigenvalue weighted by Crippen LogP contribution is 2.30. The van der Waals surface area contributed by atoms with Crippen LogP contribution in [0, 0.1) is 0 Å². The fraction of sp³-hybridized carbons (Fsp3) is 0.696. The van der Waals surface area contributed by atoms with Gasteiger partial charge in [0.15, 0.2) is 5.96 Å². The van der Waals surface area contributed by atoms with E-state index in [1.54, 1.807) is 0 Å². The van der Waals surface area contributed by atoms with Crippen molar-refractivity contribution in [3.05, 3.63) is 34.9 Å². The van der Waals surface area contributed by atoms with Crippen molar-refractivity contribution in [3.8, 4) is 0 Å². The third-order valence-corrected chi connectivity index (χ3v) is 7.23. The van der Waals surface area contributed by atoms with Gasteiger partial charge in [-0.2, -0.15) is 0 Å². The number of piperazine rings is 1. The lowest BCUT2D eigenvalue weighted by atomic mass is 9.88. The Kier molecular flexibility index (Phi) is 9.70. The summed E-state index contributed by atoms with van der Waals surface area (Å²) in [4.78, 5) is 12.3. The van der Waals surface area contributed by atoms with Gasteiger partial charge in [0.1, 0.15) is 0 Å². The van der Waals surface area contributed by atoms with Crippen LogP contribution in [0.3, 0.4) is 0 Å². The van der Waals surface area contributed by atoms with Crippen LogP contribution in [-0.4, -0.2) is 92.3 Å². The predicted octanol–water partition coefficient (Wildman–Crippen LogP) is 3.30. The number of aliphatic imine (C=N–C) groups is 1. The predicted molar refractivity (Wildman–Crippen MR) is 139 cm³/mol. The maximum absolute atomic E-state index is 6.01. The first-order valence-electron chi connectivity index (χ1n) is 11.4. The molecule has 31 heavy (non-hydrogen) atoms. The van der Waals surface area contributed by atoms with Gasteiger partial charge in [-0.15, -0.1) is 24.0 Å². The second-order valence-electron chi connectivity index (χ2n) is 8.82. The maximum atomic E-state index is 6.01. The van der Waals surface area contributed by atoms with E-state index in [0.29, 0.717) is 0 Å². The minimum Gasteiger partial charge on any atom is -0.381 e. The van der Waals surface area contributed by atoms with Gasteiger partial charge < -0.3 is 15.0 Å². The summed E-state index contributed by atoms with van der Waals surface area (Å²) < 4.78 is 5.69. The lowest BCUT2D eigenvalue weighted by Crippen LogP contribution is -2.60. The van der Waals surface area contributed by atoms with Crippen LogP contribution < -0.4 is 5.32 Å². The molecule has 0 amide bonds. The Bertz CT molecular complexity index is 696. The van der Waals surface area contributed by atoms with Gasteiger partial charge in [0.05, 0.1) is 0 Å². The molecule has 3 saturated heterocycles. The first-order valence-corrected chi connectivity index (χ1v) is 11.8. The smallest absolute Gasteiger partial charge is 0.193 e. The summed E-state index contributed by atoms with van der Waals surface area (Å²) in [5.41, 5.74) is 1.55. The van der Waals surface area contributed by atoms with Crippen molar-refractivity contribution < 1.29 is 4.74 Å². The molecule has 0 saturated carbocycles. The van der Waals surface area contributed by atoms with E-state index in [0.717, 1.165) is 76.3 Å². The van der Waals surface area contributed by atoms with Crippen LogP contribution in [0.15, 0.2) is 29.3 Å². The average Bonchev–Trinajstić information content (AvgIpc) is 3.33. The van der Waals surface area contributed by atoms with Crippen molar-refractivity contribution in [2.75, 3.05) is 66.1 Å². The molecule has 3 heterocycles. The number of nitrogens with one attached hydrogen (secondary N) is 1. The van der Waals surface area contributed by atoms with Crippen LogP contribution in [0.25, 0.3) is 0 Å². The first-order chi connectivity index (χ1) is 14.7. The SMILES string of the molecule is CN=C(NCC1(N2CCCC2)CCOCC1)N1CCN(Cc2ccc(Cl)cc2)CC1.I. The van der Waals surface area contributed by atoms with E-state index in [2.05, 4.69) is 37.1 Å². The number of nitrogens with zero attached hydrogens (tertiary/aromatic N) is 4. The minimum atomic E-state index is 0. The van der Waals surface area contributed by atoms with Gasteiger partial charge in [-0.05, 0) is 56.5 Å². The number of ether oxygens (including phenoxy) is 1. The molecule has 0 bridgehead atoms. The third-order valence-electron chi connectivity index (χ3n) is 6.98. The number of halogens is 2. The van der Waals surface area contributed by atoms with Crippen molar-refractivity contribution >= 4 is 41.5 Å². The van der Waals surface area contributed by atoms with E-state index >= 15 is 0 Å². The molecule has 0 spiro atoms. The second-order valence-corrected chi connectivity index (χ2v) is 9.26. The molecule has 1 N–H and O–H groups in total. The van der Waals surface area contributed by atoms with Crippen molar-refractivity contribution in [1.82, 2.24) is 20.0 Å². The van der Waals surface area contributed by atoms with Crippen LogP contribution in [0.4, 0.5) is 0 Å². The third kappa shape index (κ3) is 6.47. The van der Waals surface area contributed by atoms with Gasteiger partial charge in [-0.3, -0.25) is 14.8 Å². The Morgan fingerprint density at radius 2 is 1.68 bits per heavy atom. The molecule has 0 unspecified atom stereocenters. The molecule has 0 radical (unpaired) electrons. The van der Waals surface area contributed by atoms with Gasteiger partial charge in [0, 0.05) is 70.1 Å². The summed E-state index contributed by atoms with van der Waals surface area (Å²) in [6, 6.07) is 8.21. The molecule has 3 fully saturated rings. The minimum absolute atomic E-state index is 0. The Morgan fingerprint density at radius 1 is 1.03 bits per heavy atom. The number of rotatable bonds is 5. The molecule has 8 heteroatoms. The van der Waals surface area contributed by atoms with Gasteiger partial charge in [-0.25, -0.2) is 0 Å². The van der Waals surface area contributed by atoms with Crippen LogP contribution >= 0.6 is 35.6 Å². The van der Waals surface area contributed by atoms with Gasteiger partial charge in [0.2, 0.25) is 0 Å². The number of likely N-dealkylation sites (tertiary alicyclic amines) is 1. The summed E-state index contributed by atoms with van der Waals surface area (Å²) >= 11 is 6.01. The van der Waals surface area contributed by atoms with E-state index < -0.39 is 0 Å². The fourth-order valence-corrected chi connectivity index (χ4v) is 5.22. The quantitative estimate of drug-likeness (QED) is 0.340. The number of benzene rings is 1. The highest BCUT2D eigenvalue weighted by atomic mass is 127. The van der Waals surface area contributed by atoms with Crippen molar-refractivity contribution in [3.63, 3.8) is 0 Å². The van der Waals surface area contributed by atoms with E-state index in [-0.39, 0.29) is 29.5 Å². The van der Waals surface area contributed by atoms with Crippen LogP contribution in [0.5, 0.6) is 0 Å². The molecule has 6 nitrogen and oxygen atoms in total. The highest BCUT2D eigenvalue weighted by molar-refractivity contribution is 14.0. The van der Waals surface area contributed by atoms with E-state index in [1.165, 1.54) is 31.5 Å². The second kappa shape index (κ2) is 12.0. The zero-order valence-corrected chi connectivity index (χ0v) is 21.8. The Hall–Kier alpha value is -0.610. The van der Waals surface area contributed by atoms with Crippen molar-refractivity contribution in [2.45, 2.75) is 37.8 Å². The first kappa shape index (κ1) is 25.0. The van der Waals surface area contributed by atoms with Crippen molar-refractivity contribution in [1.29, 1.82) is 0 Å². The molecule has 0 atom stereocenters. The molecular formula is C23H37ClIN5O. The number of hydrogen-bond donors (Lipinski definition) is 1. The largest absolute Gasteiger partial charge is 0.381 e. The Morgan fingerprint density at radius 3 is 2.29 bits per heavy atom. The Labute approximate surface area is 209 Å². The summed E-state index contributed by atoms with van der Waals surface area (Å²) in [6.07, 6.45) is 4.89. The lowest BCUT2D eigenvalue weighted by Gasteiger charge is -2.45. The molecule has 3 aliphatic heterocycles. The molecule has 3 aliphatic rings. The normalized spacial score (nSPS) is 22.9. The van der Waals surface area contributed by atoms with E-state index in [9.17, 15) is 0 Å². The highest BCUT2D eigenvalue weighted by Gasteiger charge is 2.40. The standard InChI is InChI=1S/C23H36ClN5O.HI/c1-25-22(26-19-23(8-16-30-17-9-23)29-10-2-3-11-29)28-14-12-27(13-15-28)18-20-4-6-21(24)7-5-20;/h4-7H,2-3,8-19H2,1H3,(H,25,26);1H. The summed E-state index contributed by atoms with van der Waals surface area (Å²) in [6.45, 7) is 10.3. The van der Waals surface area contributed by atoms with E-state index in [1.807, 2.05) is 19.2 Å². The molecule has 174 valence electrons. The summed E-state index contributed by atoms with van der Waals surface area (Å²) in [5.74, 6) is 1.05. The fourth-order valence-electron chi connectivity index (χ4n) is 5.09. The molecule has 1 aromatic carbocycles. The van der Waals surface area contributed by atoms with Gasteiger partial charge in [0.25, 0.3) is 0 Å². The summed E-state index contributed by atoms with van der Waals surface area (Å²) in [7, 11) is 1.91. The Balaban J connectivity index is 0.00000272. The average molecular weight is 562 g/mol. The van der Waals surface area contributed by atoms with Crippen LogP contribution in [0.1, 0.15) is 31.2 Å². The molecule has 1 aromatic rings. The van der Waals surface area contributed by atoms with Crippen LogP contribution in [0.2, 0.25) is 5.02 Å². The monoisotopic (exact) mass is 561 g/mol. The number of guanidine groups is 1. The van der Waals surface area contributed by atoms with Crippen molar-refractivity contribution in [2.24, 2.45) is 4.99 Å². The van der Waals surface area contributed by atoms with Gasteiger partial charge >= 0.3 is 0 Å². The molecular weight excluding hydrogens is 525 g/mol. The molecule has 0 aliphatic carbocycles. The maximum Gasteiger partial charge on any atom is 0.193 e. The van der Waals surface area contributed by atoms with Crippen LogP contribution in [-0.2, 0) is 11.3 Å². The zero-order valence-electron chi connectivity index (χ0n) is 18.7. The van der Waals surface area contributed by atoms with E-state index in [4.69, 9.17) is 16.3 Å². The topological polar surface area (TPSA) is 43.3 Å². The number of hydrogen-bond acceptors (Lipinski definition) is 4.